The van der Waals surface area contributed by atoms with Gasteiger partial charge in [-0.1, -0.05) is 37.3 Å². The third-order valence-corrected chi connectivity index (χ3v) is 5.24. The van der Waals surface area contributed by atoms with E-state index >= 15 is 0 Å². The molecule has 1 N–H and O–H groups in total. The molecule has 2 aromatic carbocycles. The summed E-state index contributed by atoms with van der Waals surface area (Å²) < 4.78 is 0. The SMILES string of the molecule is CCc1ccccc1NC(=O)CN(C)CC(=O)N(C)Cc1ccc(SC)cc1. The molecule has 0 spiro atoms. The predicted octanol–water partition coefficient (Wildman–Crippen LogP) is 3.50. The normalized spacial score (nSPS) is 10.8. The van der Waals surface area contributed by atoms with Gasteiger partial charge in [0, 0.05) is 24.2 Å². The Kier molecular flexibility index (Phi) is 8.54. The Labute approximate surface area is 172 Å². The highest BCUT2D eigenvalue weighted by Crippen LogP contribution is 2.16. The number of anilines is 1. The van der Waals surface area contributed by atoms with Gasteiger partial charge in [0.15, 0.2) is 0 Å². The van der Waals surface area contributed by atoms with Crippen LogP contribution in [0, 0.1) is 0 Å². The zero-order chi connectivity index (χ0) is 20.5. The molecule has 0 aliphatic rings. The molecule has 6 heteroatoms. The second-order valence-electron chi connectivity index (χ2n) is 6.83. The fraction of sp³-hybridized carbons (Fsp3) is 0.364. The first-order valence-electron chi connectivity index (χ1n) is 9.36. The maximum absolute atomic E-state index is 12.5. The van der Waals surface area contributed by atoms with Crippen LogP contribution in [0.15, 0.2) is 53.4 Å². The lowest BCUT2D eigenvalue weighted by Gasteiger charge is -2.22. The quantitative estimate of drug-likeness (QED) is 0.656. The van der Waals surface area contributed by atoms with Crippen LogP contribution in [-0.2, 0) is 22.6 Å². The minimum atomic E-state index is -0.119. The van der Waals surface area contributed by atoms with Crippen molar-refractivity contribution >= 4 is 29.3 Å². The Balaban J connectivity index is 1.82. The van der Waals surface area contributed by atoms with E-state index in [4.69, 9.17) is 0 Å². The zero-order valence-electron chi connectivity index (χ0n) is 17.1. The molecule has 0 saturated heterocycles. The van der Waals surface area contributed by atoms with Gasteiger partial charge in [-0.2, -0.15) is 0 Å². The van der Waals surface area contributed by atoms with E-state index in [1.165, 1.54) is 4.90 Å². The van der Waals surface area contributed by atoms with Gasteiger partial charge >= 0.3 is 0 Å². The Morgan fingerprint density at radius 3 is 2.32 bits per heavy atom. The van der Waals surface area contributed by atoms with Crippen molar-refractivity contribution in [3.8, 4) is 0 Å². The summed E-state index contributed by atoms with van der Waals surface area (Å²) in [6.45, 7) is 2.97. The lowest BCUT2D eigenvalue weighted by atomic mass is 10.1. The van der Waals surface area contributed by atoms with Crippen LogP contribution in [0.1, 0.15) is 18.1 Å². The molecule has 0 unspecified atom stereocenters. The number of amides is 2. The highest BCUT2D eigenvalue weighted by atomic mass is 32.2. The highest BCUT2D eigenvalue weighted by molar-refractivity contribution is 7.98. The maximum Gasteiger partial charge on any atom is 0.238 e. The number of nitrogens with zero attached hydrogens (tertiary/aromatic N) is 2. The number of hydrogen-bond acceptors (Lipinski definition) is 4. The largest absolute Gasteiger partial charge is 0.340 e. The molecule has 0 atom stereocenters. The second kappa shape index (κ2) is 10.9. The van der Waals surface area contributed by atoms with Gasteiger partial charge in [0.2, 0.25) is 11.8 Å². The Bertz CT molecular complexity index is 793. The molecule has 150 valence electrons. The number of hydrogen-bond donors (Lipinski definition) is 1. The summed E-state index contributed by atoms with van der Waals surface area (Å²) in [4.78, 5) is 29.4. The number of likely N-dealkylation sites (N-methyl/N-ethyl adjacent to an activating group) is 2. The number of thioether (sulfide) groups is 1. The number of carbonyl (C=O) groups is 2. The van der Waals surface area contributed by atoms with Crippen molar-refractivity contribution in [3.05, 3.63) is 59.7 Å². The van der Waals surface area contributed by atoms with E-state index in [9.17, 15) is 9.59 Å². The minimum absolute atomic E-state index is 0.0156. The van der Waals surface area contributed by atoms with Gasteiger partial charge < -0.3 is 10.2 Å². The summed E-state index contributed by atoms with van der Waals surface area (Å²) in [5.74, 6) is -0.135. The van der Waals surface area contributed by atoms with Gasteiger partial charge in [-0.3, -0.25) is 14.5 Å². The van der Waals surface area contributed by atoms with Crippen molar-refractivity contribution in [2.24, 2.45) is 0 Å². The fourth-order valence-corrected chi connectivity index (χ4v) is 3.29. The van der Waals surface area contributed by atoms with E-state index in [1.807, 2.05) is 42.7 Å². The molecule has 5 nitrogen and oxygen atoms in total. The van der Waals surface area contributed by atoms with E-state index in [0.717, 1.165) is 23.2 Å². The predicted molar refractivity (Wildman–Crippen MR) is 117 cm³/mol. The summed E-state index contributed by atoms with van der Waals surface area (Å²) in [5.41, 5.74) is 3.02. The van der Waals surface area contributed by atoms with E-state index in [0.29, 0.717) is 6.54 Å². The van der Waals surface area contributed by atoms with Crippen molar-refractivity contribution in [2.45, 2.75) is 24.8 Å². The first-order chi connectivity index (χ1) is 13.4. The molecule has 0 radical (unpaired) electrons. The molecule has 2 rings (SSSR count). The van der Waals surface area contributed by atoms with Gasteiger partial charge in [0.1, 0.15) is 0 Å². The third-order valence-electron chi connectivity index (χ3n) is 4.50. The smallest absolute Gasteiger partial charge is 0.238 e. The van der Waals surface area contributed by atoms with Crippen molar-refractivity contribution in [1.82, 2.24) is 9.80 Å². The molecule has 0 aliphatic carbocycles. The molecule has 0 saturated carbocycles. The maximum atomic E-state index is 12.5. The van der Waals surface area contributed by atoms with Crippen LogP contribution in [0.2, 0.25) is 0 Å². The highest BCUT2D eigenvalue weighted by Gasteiger charge is 2.15. The number of aryl methyl sites for hydroxylation is 1. The number of rotatable bonds is 9. The Hall–Kier alpha value is -2.31. The van der Waals surface area contributed by atoms with Crippen LogP contribution >= 0.6 is 11.8 Å². The van der Waals surface area contributed by atoms with Gasteiger partial charge in [-0.25, -0.2) is 0 Å². The number of benzene rings is 2. The molecular weight excluding hydrogens is 370 g/mol. The number of para-hydroxylation sites is 1. The first-order valence-corrected chi connectivity index (χ1v) is 10.6. The summed E-state index contributed by atoms with van der Waals surface area (Å²) in [7, 11) is 3.57. The lowest BCUT2D eigenvalue weighted by Crippen LogP contribution is -2.39. The second-order valence-corrected chi connectivity index (χ2v) is 7.71. The summed E-state index contributed by atoms with van der Waals surface area (Å²) in [5, 5.41) is 2.94. The molecule has 0 fully saturated rings. The molecule has 0 aliphatic heterocycles. The Morgan fingerprint density at radius 1 is 1.00 bits per heavy atom. The average Bonchev–Trinajstić information content (AvgIpc) is 2.68. The van der Waals surface area contributed by atoms with Crippen LogP contribution < -0.4 is 5.32 Å². The molecular formula is C22H29N3O2S. The minimum Gasteiger partial charge on any atom is -0.340 e. The van der Waals surface area contributed by atoms with Crippen molar-refractivity contribution < 1.29 is 9.59 Å². The fourth-order valence-electron chi connectivity index (χ4n) is 2.89. The van der Waals surface area contributed by atoms with E-state index in [1.54, 1.807) is 35.7 Å². The van der Waals surface area contributed by atoms with Crippen LogP contribution in [0.25, 0.3) is 0 Å². The van der Waals surface area contributed by atoms with Crippen LogP contribution in [0.5, 0.6) is 0 Å². The van der Waals surface area contributed by atoms with Crippen molar-refractivity contribution in [1.29, 1.82) is 0 Å². The number of carbonyl (C=O) groups excluding carboxylic acids is 2. The van der Waals surface area contributed by atoms with Gasteiger partial charge in [-0.15, -0.1) is 11.8 Å². The monoisotopic (exact) mass is 399 g/mol. The van der Waals surface area contributed by atoms with Gasteiger partial charge in [0.25, 0.3) is 0 Å². The van der Waals surface area contributed by atoms with Crippen molar-refractivity contribution in [2.75, 3.05) is 38.8 Å². The van der Waals surface area contributed by atoms with Gasteiger partial charge in [0.05, 0.1) is 13.1 Å². The van der Waals surface area contributed by atoms with Crippen LogP contribution in [-0.4, -0.2) is 55.1 Å². The number of nitrogens with one attached hydrogen (secondary N) is 1. The topological polar surface area (TPSA) is 52.7 Å². The zero-order valence-corrected chi connectivity index (χ0v) is 17.9. The molecule has 0 aromatic heterocycles. The average molecular weight is 400 g/mol. The lowest BCUT2D eigenvalue weighted by molar-refractivity contribution is -0.131. The van der Waals surface area contributed by atoms with E-state index < -0.39 is 0 Å². The van der Waals surface area contributed by atoms with E-state index in [-0.39, 0.29) is 24.9 Å². The Morgan fingerprint density at radius 2 is 1.68 bits per heavy atom. The third kappa shape index (κ3) is 6.69. The van der Waals surface area contributed by atoms with Gasteiger partial charge in [-0.05, 0) is 49.1 Å². The molecule has 0 heterocycles. The molecule has 2 aromatic rings. The van der Waals surface area contributed by atoms with Crippen LogP contribution in [0.3, 0.4) is 0 Å². The summed E-state index contributed by atoms with van der Waals surface area (Å²) in [6, 6.07) is 16.0. The first kappa shape index (κ1) is 22.0. The van der Waals surface area contributed by atoms with E-state index in [2.05, 4.69) is 24.4 Å². The van der Waals surface area contributed by atoms with Crippen LogP contribution in [0.4, 0.5) is 5.69 Å². The standard InChI is InChI=1S/C22H29N3O2S/c1-5-18-8-6-7-9-20(18)23-21(26)15-24(2)16-22(27)25(3)14-17-10-12-19(28-4)13-11-17/h6-13H,5,14-16H2,1-4H3,(H,23,26). The van der Waals surface area contributed by atoms with Crippen molar-refractivity contribution in [3.63, 3.8) is 0 Å². The molecule has 0 bridgehead atoms. The molecule has 2 amide bonds. The molecule has 28 heavy (non-hydrogen) atoms. The summed E-state index contributed by atoms with van der Waals surface area (Å²) >= 11 is 1.69. The summed E-state index contributed by atoms with van der Waals surface area (Å²) in [6.07, 6.45) is 2.89.